The van der Waals surface area contributed by atoms with Crippen molar-refractivity contribution in [2.45, 2.75) is 59.0 Å². The summed E-state index contributed by atoms with van der Waals surface area (Å²) in [6, 6.07) is 14.1. The largest absolute Gasteiger partial charge is 0.480 e. The molecule has 34 heavy (non-hydrogen) atoms. The molecule has 1 aliphatic carbocycles. The van der Waals surface area contributed by atoms with Gasteiger partial charge in [0.1, 0.15) is 18.7 Å². The van der Waals surface area contributed by atoms with Crippen molar-refractivity contribution in [1.29, 1.82) is 0 Å². The van der Waals surface area contributed by atoms with E-state index < -0.39 is 35.5 Å². The first-order valence-corrected chi connectivity index (χ1v) is 11.6. The second-order valence-corrected chi connectivity index (χ2v) is 10.3. The van der Waals surface area contributed by atoms with E-state index in [0.717, 1.165) is 22.3 Å². The lowest BCUT2D eigenvalue weighted by atomic mass is 9.86. The first-order chi connectivity index (χ1) is 16.0. The normalized spacial score (nSPS) is 14.6. The molecule has 7 nitrogen and oxygen atoms in total. The molecule has 2 atom stereocenters. The summed E-state index contributed by atoms with van der Waals surface area (Å²) in [7, 11) is 0. The van der Waals surface area contributed by atoms with Gasteiger partial charge >= 0.3 is 12.1 Å². The summed E-state index contributed by atoms with van der Waals surface area (Å²) < 4.78 is 5.58. The van der Waals surface area contributed by atoms with E-state index in [2.05, 4.69) is 22.8 Å². The Morgan fingerprint density at radius 1 is 0.941 bits per heavy atom. The van der Waals surface area contributed by atoms with Gasteiger partial charge in [-0.2, -0.15) is 0 Å². The van der Waals surface area contributed by atoms with Crippen LogP contribution in [0.3, 0.4) is 0 Å². The maximum absolute atomic E-state index is 12.9. The lowest BCUT2D eigenvalue weighted by Crippen LogP contribution is -2.55. The van der Waals surface area contributed by atoms with Gasteiger partial charge in [0.15, 0.2) is 0 Å². The summed E-state index contributed by atoms with van der Waals surface area (Å²) in [6.45, 7) is 9.21. The molecule has 2 aromatic rings. The Labute approximate surface area is 200 Å². The number of nitrogens with one attached hydrogen (secondary N) is 2. The fourth-order valence-electron chi connectivity index (χ4n) is 4.38. The van der Waals surface area contributed by atoms with Gasteiger partial charge in [-0.25, -0.2) is 9.59 Å². The summed E-state index contributed by atoms with van der Waals surface area (Å²) in [5.74, 6) is -1.65. The third-order valence-electron chi connectivity index (χ3n) is 6.06. The van der Waals surface area contributed by atoms with Crippen LogP contribution in [0, 0.1) is 11.3 Å². The van der Waals surface area contributed by atoms with Gasteiger partial charge in [-0.05, 0) is 40.0 Å². The van der Waals surface area contributed by atoms with E-state index in [0.29, 0.717) is 6.42 Å². The molecule has 3 N–H and O–H groups in total. The third-order valence-corrected chi connectivity index (χ3v) is 6.06. The molecule has 2 amide bonds. The van der Waals surface area contributed by atoms with Crippen LogP contribution in [-0.4, -0.2) is 41.8 Å². The number of carboxylic acids is 1. The maximum atomic E-state index is 12.9. The van der Waals surface area contributed by atoms with E-state index in [1.165, 1.54) is 0 Å². The minimum absolute atomic E-state index is 0.0900. The number of hydrogen-bond acceptors (Lipinski definition) is 4. The average Bonchev–Trinajstić information content (AvgIpc) is 3.08. The number of benzene rings is 2. The average molecular weight is 467 g/mol. The van der Waals surface area contributed by atoms with Crippen LogP contribution in [0.5, 0.6) is 0 Å². The zero-order valence-corrected chi connectivity index (χ0v) is 20.4. The van der Waals surface area contributed by atoms with Crippen LogP contribution in [0.1, 0.15) is 58.1 Å². The summed E-state index contributed by atoms with van der Waals surface area (Å²) in [5.41, 5.74) is 3.77. The molecule has 0 saturated heterocycles. The van der Waals surface area contributed by atoms with Crippen molar-refractivity contribution >= 4 is 18.0 Å². The molecule has 182 valence electrons. The lowest BCUT2D eigenvalue weighted by Gasteiger charge is -2.30. The SMILES string of the molecule is CC(C)CC(NC(=O)OCC1c2ccccc2-c2ccccc21)C(=O)N[C@@H](C(=O)O)C(C)(C)C. The summed E-state index contributed by atoms with van der Waals surface area (Å²) in [4.78, 5) is 37.3. The van der Waals surface area contributed by atoms with Crippen molar-refractivity contribution in [3.63, 3.8) is 0 Å². The number of alkyl carbamates (subject to hydrolysis) is 1. The monoisotopic (exact) mass is 466 g/mol. The van der Waals surface area contributed by atoms with Gasteiger partial charge in [-0.3, -0.25) is 4.79 Å². The topological polar surface area (TPSA) is 105 Å². The molecule has 2 aromatic carbocycles. The van der Waals surface area contributed by atoms with Gasteiger partial charge in [0, 0.05) is 5.92 Å². The van der Waals surface area contributed by atoms with Crippen LogP contribution in [0.25, 0.3) is 11.1 Å². The van der Waals surface area contributed by atoms with Gasteiger partial charge in [-0.1, -0.05) is 83.1 Å². The number of carbonyl (C=O) groups excluding carboxylic acids is 2. The van der Waals surface area contributed by atoms with E-state index in [4.69, 9.17) is 4.74 Å². The first-order valence-electron chi connectivity index (χ1n) is 11.6. The van der Waals surface area contributed by atoms with E-state index in [1.54, 1.807) is 20.8 Å². The van der Waals surface area contributed by atoms with Gasteiger partial charge in [0.2, 0.25) is 5.91 Å². The van der Waals surface area contributed by atoms with Gasteiger partial charge in [0.25, 0.3) is 0 Å². The van der Waals surface area contributed by atoms with Crippen molar-refractivity contribution < 1.29 is 24.2 Å². The smallest absolute Gasteiger partial charge is 0.407 e. The molecule has 1 aliphatic rings. The second kappa shape index (κ2) is 10.3. The molecule has 0 spiro atoms. The number of hydrogen-bond donors (Lipinski definition) is 3. The predicted octanol–water partition coefficient (Wildman–Crippen LogP) is 4.56. The first kappa shape index (κ1) is 25.3. The molecule has 0 radical (unpaired) electrons. The lowest BCUT2D eigenvalue weighted by molar-refractivity contribution is -0.145. The maximum Gasteiger partial charge on any atom is 0.407 e. The van der Waals surface area contributed by atoms with E-state index in [-0.39, 0.29) is 18.4 Å². The highest BCUT2D eigenvalue weighted by molar-refractivity contribution is 5.89. The number of fused-ring (bicyclic) bond motifs is 3. The second-order valence-electron chi connectivity index (χ2n) is 10.3. The van der Waals surface area contributed by atoms with E-state index >= 15 is 0 Å². The molecule has 7 heteroatoms. The molecule has 0 heterocycles. The Balaban J connectivity index is 1.69. The van der Waals surface area contributed by atoms with Crippen LogP contribution in [0.4, 0.5) is 4.79 Å². The Morgan fingerprint density at radius 2 is 1.47 bits per heavy atom. The van der Waals surface area contributed by atoms with Crippen molar-refractivity contribution in [3.8, 4) is 11.1 Å². The molecule has 0 bridgehead atoms. The summed E-state index contributed by atoms with van der Waals surface area (Å²) >= 11 is 0. The summed E-state index contributed by atoms with van der Waals surface area (Å²) in [6.07, 6.45) is -0.350. The summed E-state index contributed by atoms with van der Waals surface area (Å²) in [5, 5.41) is 14.8. The molecular formula is C27H34N2O5. The van der Waals surface area contributed by atoms with Crippen LogP contribution in [-0.2, 0) is 14.3 Å². The molecule has 0 aliphatic heterocycles. The fourth-order valence-corrected chi connectivity index (χ4v) is 4.38. The number of ether oxygens (including phenoxy) is 1. The molecule has 1 unspecified atom stereocenters. The van der Waals surface area contributed by atoms with Gasteiger partial charge < -0.3 is 20.5 Å². The highest BCUT2D eigenvalue weighted by Gasteiger charge is 2.35. The minimum atomic E-state index is -1.12. The van der Waals surface area contributed by atoms with E-state index in [1.807, 2.05) is 50.2 Å². The zero-order chi connectivity index (χ0) is 25.0. The number of rotatable bonds is 8. The Morgan fingerprint density at radius 3 is 1.94 bits per heavy atom. The van der Waals surface area contributed by atoms with Gasteiger partial charge in [-0.15, -0.1) is 0 Å². The quantitative estimate of drug-likeness (QED) is 0.529. The predicted molar refractivity (Wildman–Crippen MR) is 130 cm³/mol. The number of aliphatic carboxylic acids is 1. The van der Waals surface area contributed by atoms with Crippen LogP contribution < -0.4 is 10.6 Å². The Kier molecular flexibility index (Phi) is 7.64. The number of carbonyl (C=O) groups is 3. The third kappa shape index (κ3) is 5.76. The fraction of sp³-hybridized carbons (Fsp3) is 0.444. The van der Waals surface area contributed by atoms with Crippen LogP contribution >= 0.6 is 0 Å². The molecular weight excluding hydrogens is 432 g/mol. The number of carboxylic acid groups (broad SMARTS) is 1. The zero-order valence-electron chi connectivity index (χ0n) is 20.4. The van der Waals surface area contributed by atoms with Crippen LogP contribution in [0.2, 0.25) is 0 Å². The van der Waals surface area contributed by atoms with Crippen molar-refractivity contribution in [2.24, 2.45) is 11.3 Å². The standard InChI is InChI=1S/C27H34N2O5/c1-16(2)14-22(24(30)29-23(25(31)32)27(3,4)5)28-26(33)34-15-21-19-12-8-6-10-17(19)18-11-7-9-13-20(18)21/h6-13,16,21-23H,14-15H2,1-5H3,(H,28,33)(H,29,30)(H,31,32)/t22?,23-/m0/s1. The van der Waals surface area contributed by atoms with Crippen molar-refractivity contribution in [1.82, 2.24) is 10.6 Å². The van der Waals surface area contributed by atoms with Crippen LogP contribution in [0.15, 0.2) is 48.5 Å². The van der Waals surface area contributed by atoms with Crippen molar-refractivity contribution in [2.75, 3.05) is 6.61 Å². The minimum Gasteiger partial charge on any atom is -0.480 e. The molecule has 3 rings (SSSR count). The van der Waals surface area contributed by atoms with Gasteiger partial charge in [0.05, 0.1) is 0 Å². The number of amides is 2. The Bertz CT molecular complexity index is 1010. The molecule has 0 aromatic heterocycles. The highest BCUT2D eigenvalue weighted by Crippen LogP contribution is 2.44. The Hall–Kier alpha value is -3.35. The molecule has 0 saturated carbocycles. The van der Waals surface area contributed by atoms with Crippen molar-refractivity contribution in [3.05, 3.63) is 59.7 Å². The highest BCUT2D eigenvalue weighted by atomic mass is 16.5. The van der Waals surface area contributed by atoms with E-state index in [9.17, 15) is 19.5 Å². The molecule has 0 fully saturated rings.